The lowest BCUT2D eigenvalue weighted by molar-refractivity contribution is -0.134. The third-order valence-electron chi connectivity index (χ3n) is 6.95. The van der Waals surface area contributed by atoms with Crippen LogP contribution in [0, 0.1) is 11.8 Å². The number of nitrogens with zero attached hydrogens (tertiary/aromatic N) is 2. The number of amides is 2. The van der Waals surface area contributed by atoms with Gasteiger partial charge in [0.25, 0.3) is 5.91 Å². The highest BCUT2D eigenvalue weighted by atomic mass is 16.5. The first-order valence-electron chi connectivity index (χ1n) is 12.1. The van der Waals surface area contributed by atoms with Crippen molar-refractivity contribution in [3.05, 3.63) is 29.8 Å². The van der Waals surface area contributed by atoms with Gasteiger partial charge in [-0.1, -0.05) is 19.3 Å². The van der Waals surface area contributed by atoms with E-state index in [1.165, 1.54) is 32.1 Å². The molecule has 31 heavy (non-hydrogen) atoms. The molecule has 1 atom stereocenters. The van der Waals surface area contributed by atoms with Crippen molar-refractivity contribution in [2.24, 2.45) is 11.8 Å². The van der Waals surface area contributed by atoms with Crippen molar-refractivity contribution in [1.82, 2.24) is 9.80 Å². The average molecular weight is 429 g/mol. The van der Waals surface area contributed by atoms with E-state index in [-0.39, 0.29) is 5.91 Å². The van der Waals surface area contributed by atoms with Crippen molar-refractivity contribution in [2.45, 2.75) is 51.4 Å². The van der Waals surface area contributed by atoms with Gasteiger partial charge < -0.3 is 19.3 Å². The Balaban J connectivity index is 1.23. The molecule has 2 aliphatic heterocycles. The van der Waals surface area contributed by atoms with Crippen LogP contribution in [0.1, 0.15) is 61.7 Å². The van der Waals surface area contributed by atoms with E-state index in [9.17, 15) is 9.59 Å². The van der Waals surface area contributed by atoms with Gasteiger partial charge in [-0.25, -0.2) is 0 Å². The lowest BCUT2D eigenvalue weighted by Gasteiger charge is -2.34. The van der Waals surface area contributed by atoms with E-state index in [0.717, 1.165) is 38.1 Å². The second-order valence-corrected chi connectivity index (χ2v) is 9.30. The second-order valence-electron chi connectivity index (χ2n) is 9.30. The summed E-state index contributed by atoms with van der Waals surface area (Å²) in [5, 5.41) is 0. The molecule has 3 aliphatic rings. The predicted molar refractivity (Wildman–Crippen MR) is 119 cm³/mol. The summed E-state index contributed by atoms with van der Waals surface area (Å²) < 4.78 is 11.3. The van der Waals surface area contributed by atoms with Gasteiger partial charge in [-0.2, -0.15) is 0 Å². The number of carbonyl (C=O) groups is 2. The molecule has 1 aliphatic carbocycles. The van der Waals surface area contributed by atoms with Gasteiger partial charge in [-0.05, 0) is 55.9 Å². The van der Waals surface area contributed by atoms with E-state index in [2.05, 4.69) is 4.90 Å². The molecule has 1 aromatic rings. The van der Waals surface area contributed by atoms with Gasteiger partial charge in [0.15, 0.2) is 0 Å². The van der Waals surface area contributed by atoms with Crippen LogP contribution >= 0.6 is 0 Å². The number of piperidine rings is 1. The summed E-state index contributed by atoms with van der Waals surface area (Å²) in [6.45, 7) is 4.82. The molecule has 0 N–H and O–H groups in total. The second kappa shape index (κ2) is 11.0. The van der Waals surface area contributed by atoms with E-state index >= 15 is 0 Å². The Hall–Kier alpha value is -2.08. The first-order valence-corrected chi connectivity index (χ1v) is 12.1. The molecule has 170 valence electrons. The molecule has 0 bridgehead atoms. The molecule has 3 fully saturated rings. The largest absolute Gasteiger partial charge is 0.493 e. The molecule has 2 amide bonds. The number of rotatable bonds is 6. The van der Waals surface area contributed by atoms with E-state index < -0.39 is 0 Å². The Labute approximate surface area is 185 Å². The number of likely N-dealkylation sites (tertiary alicyclic amines) is 1. The molecule has 1 aromatic carbocycles. The fourth-order valence-corrected chi connectivity index (χ4v) is 5.05. The molecular formula is C25H36N2O4. The number of hydrogen-bond acceptors (Lipinski definition) is 4. The van der Waals surface area contributed by atoms with Crippen LogP contribution in [0.2, 0.25) is 0 Å². The van der Waals surface area contributed by atoms with Crippen LogP contribution in [0.3, 0.4) is 0 Å². The Morgan fingerprint density at radius 1 is 0.871 bits per heavy atom. The zero-order chi connectivity index (χ0) is 21.5. The van der Waals surface area contributed by atoms with Crippen molar-refractivity contribution in [1.29, 1.82) is 0 Å². The fraction of sp³-hybridized carbons (Fsp3) is 0.680. The van der Waals surface area contributed by atoms with Crippen LogP contribution < -0.4 is 4.74 Å². The van der Waals surface area contributed by atoms with Crippen molar-refractivity contribution >= 4 is 11.8 Å². The van der Waals surface area contributed by atoms with Crippen molar-refractivity contribution in [3.63, 3.8) is 0 Å². The Morgan fingerprint density at radius 3 is 2.32 bits per heavy atom. The summed E-state index contributed by atoms with van der Waals surface area (Å²) in [4.78, 5) is 29.2. The molecular weight excluding hydrogens is 392 g/mol. The van der Waals surface area contributed by atoms with E-state index in [1.807, 2.05) is 29.2 Å². The molecule has 0 aromatic heterocycles. The van der Waals surface area contributed by atoms with Gasteiger partial charge in [-0.3, -0.25) is 9.59 Å². The molecule has 6 nitrogen and oxygen atoms in total. The van der Waals surface area contributed by atoms with E-state index in [0.29, 0.717) is 56.2 Å². The van der Waals surface area contributed by atoms with Gasteiger partial charge in [-0.15, -0.1) is 0 Å². The first-order chi connectivity index (χ1) is 15.2. The van der Waals surface area contributed by atoms with Crippen LogP contribution in [0.5, 0.6) is 5.75 Å². The lowest BCUT2D eigenvalue weighted by atomic mass is 9.86. The zero-order valence-electron chi connectivity index (χ0n) is 18.6. The first kappa shape index (κ1) is 22.1. The van der Waals surface area contributed by atoms with Gasteiger partial charge in [0.05, 0.1) is 19.8 Å². The molecule has 0 radical (unpaired) electrons. The minimum absolute atomic E-state index is 0.0502. The molecule has 2 saturated heterocycles. The standard InChI is InChI=1S/C25H36N2O4/c28-24(17-20-5-2-1-3-6-20)27-12-4-7-21(18-27)19-31-23-10-8-22(9-11-23)25(29)26-13-15-30-16-14-26/h8-11,20-21H,1-7,12-19H2/t21-/m0/s1. The van der Waals surface area contributed by atoms with E-state index in [4.69, 9.17) is 9.47 Å². The minimum Gasteiger partial charge on any atom is -0.493 e. The Kier molecular flexibility index (Phi) is 7.84. The van der Waals surface area contributed by atoms with Crippen LogP contribution in [0.15, 0.2) is 24.3 Å². The van der Waals surface area contributed by atoms with Crippen LogP contribution in [-0.2, 0) is 9.53 Å². The third-order valence-corrected chi connectivity index (χ3v) is 6.95. The lowest BCUT2D eigenvalue weighted by Crippen LogP contribution is -2.42. The molecule has 6 heteroatoms. The quantitative estimate of drug-likeness (QED) is 0.693. The maximum absolute atomic E-state index is 12.8. The predicted octanol–water partition coefficient (Wildman–Crippen LogP) is 3.75. The SMILES string of the molecule is O=C(CC1CCCCC1)N1CCC[C@H](COc2ccc(C(=O)N3CCOCC3)cc2)C1. The topological polar surface area (TPSA) is 59.1 Å². The summed E-state index contributed by atoms with van der Waals surface area (Å²) in [5.74, 6) is 2.14. The van der Waals surface area contributed by atoms with Gasteiger partial charge in [0.1, 0.15) is 5.75 Å². The maximum Gasteiger partial charge on any atom is 0.254 e. The summed E-state index contributed by atoms with van der Waals surface area (Å²) >= 11 is 0. The summed E-state index contributed by atoms with van der Waals surface area (Å²) in [6, 6.07) is 7.44. The zero-order valence-corrected chi connectivity index (χ0v) is 18.6. The van der Waals surface area contributed by atoms with Crippen LogP contribution in [0.25, 0.3) is 0 Å². The van der Waals surface area contributed by atoms with Gasteiger partial charge in [0.2, 0.25) is 5.91 Å². The third kappa shape index (κ3) is 6.22. The smallest absolute Gasteiger partial charge is 0.254 e. The fourth-order valence-electron chi connectivity index (χ4n) is 5.05. The number of morpholine rings is 1. The highest BCUT2D eigenvalue weighted by molar-refractivity contribution is 5.94. The normalized spacial score (nSPS) is 22.9. The molecule has 4 rings (SSSR count). The summed E-state index contributed by atoms with van der Waals surface area (Å²) in [7, 11) is 0. The van der Waals surface area contributed by atoms with Gasteiger partial charge >= 0.3 is 0 Å². The van der Waals surface area contributed by atoms with Gasteiger partial charge in [0, 0.05) is 44.1 Å². The van der Waals surface area contributed by atoms with Crippen LogP contribution in [0.4, 0.5) is 0 Å². The number of hydrogen-bond donors (Lipinski definition) is 0. The highest BCUT2D eigenvalue weighted by Gasteiger charge is 2.26. The highest BCUT2D eigenvalue weighted by Crippen LogP contribution is 2.28. The molecule has 0 unspecified atom stereocenters. The number of ether oxygens (including phenoxy) is 2. The Bertz CT molecular complexity index is 724. The van der Waals surface area contributed by atoms with Crippen LogP contribution in [-0.4, -0.2) is 67.6 Å². The van der Waals surface area contributed by atoms with Crippen molar-refractivity contribution in [3.8, 4) is 5.75 Å². The van der Waals surface area contributed by atoms with Crippen molar-refractivity contribution < 1.29 is 19.1 Å². The average Bonchev–Trinajstić information content (AvgIpc) is 2.84. The molecule has 0 spiro atoms. The molecule has 1 saturated carbocycles. The summed E-state index contributed by atoms with van der Waals surface area (Å²) in [5.41, 5.74) is 0.686. The van der Waals surface area contributed by atoms with Crippen molar-refractivity contribution in [2.75, 3.05) is 46.0 Å². The van der Waals surface area contributed by atoms with E-state index in [1.54, 1.807) is 0 Å². The maximum atomic E-state index is 12.8. The summed E-state index contributed by atoms with van der Waals surface area (Å²) in [6.07, 6.45) is 9.21. The number of benzene rings is 1. The molecule has 2 heterocycles. The Morgan fingerprint density at radius 2 is 1.58 bits per heavy atom. The monoisotopic (exact) mass is 428 g/mol. The number of carbonyl (C=O) groups excluding carboxylic acids is 2. The minimum atomic E-state index is 0.0502.